The molecule has 0 rings (SSSR count). The zero-order chi connectivity index (χ0) is 59.1. The fraction of sp³-hybridized carbons (Fsp3) is 0.875. The van der Waals surface area contributed by atoms with Crippen LogP contribution >= 0.6 is 7.82 Å². The van der Waals surface area contributed by atoms with Crippen LogP contribution in [0.3, 0.4) is 0 Å². The molecule has 0 spiro atoms. The van der Waals surface area contributed by atoms with Crippen LogP contribution in [0.15, 0.2) is 48.6 Å². The van der Waals surface area contributed by atoms with E-state index in [1.807, 2.05) is 27.2 Å². The van der Waals surface area contributed by atoms with E-state index >= 15 is 0 Å². The Morgan fingerprint density at radius 2 is 0.691 bits per heavy atom. The highest BCUT2D eigenvalue weighted by molar-refractivity contribution is 7.45. The van der Waals surface area contributed by atoms with Crippen molar-refractivity contribution in [3.8, 4) is 0 Å². The number of allylic oxidation sites excluding steroid dienone is 7. The monoisotopic (exact) mass is 1160 g/mol. The van der Waals surface area contributed by atoms with Crippen molar-refractivity contribution in [3.05, 3.63) is 48.6 Å². The lowest BCUT2D eigenvalue weighted by atomic mass is 10.0. The number of phosphoric ester groups is 1. The van der Waals surface area contributed by atoms with Gasteiger partial charge in [0.2, 0.25) is 5.91 Å². The first-order valence-corrected chi connectivity index (χ1v) is 37.0. The van der Waals surface area contributed by atoms with Crippen LogP contribution in [-0.4, -0.2) is 68.5 Å². The van der Waals surface area contributed by atoms with Crippen LogP contribution in [0.1, 0.15) is 354 Å². The number of quaternary nitrogens is 1. The number of carbonyl (C=O) groups is 1. The van der Waals surface area contributed by atoms with E-state index in [9.17, 15) is 19.4 Å². The van der Waals surface area contributed by atoms with Crippen LogP contribution in [0, 0.1) is 0 Å². The summed E-state index contributed by atoms with van der Waals surface area (Å²) in [6, 6.07) is -0.912. The molecular formula is C72H139N2O6P. The molecule has 81 heavy (non-hydrogen) atoms. The molecule has 3 unspecified atom stereocenters. The van der Waals surface area contributed by atoms with Gasteiger partial charge in [0, 0.05) is 6.42 Å². The zero-order valence-electron chi connectivity index (χ0n) is 54.8. The van der Waals surface area contributed by atoms with Crippen molar-refractivity contribution in [1.29, 1.82) is 0 Å². The molecule has 0 aromatic rings. The first kappa shape index (κ1) is 79.5. The number of aliphatic hydroxyl groups is 1. The van der Waals surface area contributed by atoms with Gasteiger partial charge >= 0.3 is 0 Å². The Hall–Kier alpha value is -1.54. The molecule has 0 heterocycles. The van der Waals surface area contributed by atoms with Crippen LogP contribution in [-0.2, 0) is 18.4 Å². The third kappa shape index (κ3) is 65.9. The molecule has 3 atom stereocenters. The minimum absolute atomic E-state index is 0.00847. The van der Waals surface area contributed by atoms with Gasteiger partial charge in [-0.1, -0.05) is 326 Å². The summed E-state index contributed by atoms with van der Waals surface area (Å²) in [7, 11) is 1.25. The van der Waals surface area contributed by atoms with E-state index in [0.717, 1.165) is 44.9 Å². The minimum Gasteiger partial charge on any atom is -0.756 e. The maximum atomic E-state index is 13.0. The first-order chi connectivity index (χ1) is 39.5. The fourth-order valence-electron chi connectivity index (χ4n) is 10.7. The minimum atomic E-state index is -4.62. The predicted octanol–water partition coefficient (Wildman–Crippen LogP) is 22.0. The highest BCUT2D eigenvalue weighted by atomic mass is 31.2. The van der Waals surface area contributed by atoms with Crippen molar-refractivity contribution in [2.24, 2.45) is 0 Å². The van der Waals surface area contributed by atoms with E-state index in [2.05, 4.69) is 55.6 Å². The van der Waals surface area contributed by atoms with Gasteiger partial charge in [-0.2, -0.15) is 0 Å². The van der Waals surface area contributed by atoms with E-state index in [-0.39, 0.29) is 12.5 Å². The topological polar surface area (TPSA) is 108 Å². The van der Waals surface area contributed by atoms with E-state index < -0.39 is 26.6 Å². The number of likely N-dealkylation sites (N-methyl/N-ethyl adjacent to an activating group) is 1. The van der Waals surface area contributed by atoms with Crippen LogP contribution < -0.4 is 10.2 Å². The second-order valence-corrected chi connectivity index (χ2v) is 27.0. The van der Waals surface area contributed by atoms with Crippen LogP contribution in [0.5, 0.6) is 0 Å². The molecule has 0 saturated carbocycles. The largest absolute Gasteiger partial charge is 0.756 e. The van der Waals surface area contributed by atoms with Gasteiger partial charge < -0.3 is 28.8 Å². The molecule has 1 amide bonds. The molecule has 0 bridgehead atoms. The van der Waals surface area contributed by atoms with Gasteiger partial charge in [0.15, 0.2) is 0 Å². The predicted molar refractivity (Wildman–Crippen MR) is 353 cm³/mol. The molecule has 478 valence electrons. The Labute approximate surface area is 505 Å². The summed E-state index contributed by atoms with van der Waals surface area (Å²) >= 11 is 0. The van der Waals surface area contributed by atoms with Gasteiger partial charge in [-0.05, 0) is 70.6 Å². The maximum Gasteiger partial charge on any atom is 0.268 e. The molecule has 0 aliphatic carbocycles. The summed E-state index contributed by atoms with van der Waals surface area (Å²) in [4.78, 5) is 25.6. The molecule has 0 aromatic heterocycles. The summed E-state index contributed by atoms with van der Waals surface area (Å²) < 4.78 is 23.4. The summed E-state index contributed by atoms with van der Waals surface area (Å²) in [6.45, 7) is 4.67. The van der Waals surface area contributed by atoms with E-state index in [1.165, 1.54) is 289 Å². The number of unbranched alkanes of at least 4 members (excludes halogenated alkanes) is 47. The second-order valence-electron chi connectivity index (χ2n) is 25.6. The van der Waals surface area contributed by atoms with Crippen LogP contribution in [0.25, 0.3) is 0 Å². The van der Waals surface area contributed by atoms with Gasteiger partial charge in [0.25, 0.3) is 7.82 Å². The van der Waals surface area contributed by atoms with E-state index in [4.69, 9.17) is 9.05 Å². The summed E-state index contributed by atoms with van der Waals surface area (Å²) in [5, 5.41) is 13.9. The van der Waals surface area contributed by atoms with Crippen LogP contribution in [0.2, 0.25) is 0 Å². The normalized spacial score (nSPS) is 13.9. The SMILES string of the molecule is CCCCCCCCCC/C=C\CCCCCCCCCCCCCCCCCC(=O)NC(COP(=O)([O-])OCC[N+](C)(C)C)C(O)/C=C/CC/C=C/CC/C=C/CCCCCCCCCCCCCCCCCCCCCCCC. The van der Waals surface area contributed by atoms with Crippen LogP contribution in [0.4, 0.5) is 0 Å². The van der Waals surface area contributed by atoms with E-state index in [0.29, 0.717) is 17.4 Å². The third-order valence-electron chi connectivity index (χ3n) is 16.2. The van der Waals surface area contributed by atoms with Crippen molar-refractivity contribution in [2.45, 2.75) is 366 Å². The highest BCUT2D eigenvalue weighted by Gasteiger charge is 2.23. The number of nitrogens with zero attached hydrogens (tertiary/aromatic N) is 1. The Morgan fingerprint density at radius 1 is 0.420 bits per heavy atom. The van der Waals surface area contributed by atoms with Gasteiger partial charge in [-0.15, -0.1) is 0 Å². The number of phosphoric acid groups is 1. The van der Waals surface area contributed by atoms with Crippen molar-refractivity contribution >= 4 is 13.7 Å². The summed E-state index contributed by atoms with van der Waals surface area (Å²) in [5.74, 6) is -0.206. The molecule has 2 N–H and O–H groups in total. The van der Waals surface area contributed by atoms with Crippen molar-refractivity contribution in [1.82, 2.24) is 5.32 Å². The first-order valence-electron chi connectivity index (χ1n) is 35.5. The number of hydrogen-bond acceptors (Lipinski definition) is 6. The average molecular weight is 1160 g/mol. The summed E-state index contributed by atoms with van der Waals surface area (Å²) in [5.41, 5.74) is 0. The lowest BCUT2D eigenvalue weighted by Gasteiger charge is -2.29. The van der Waals surface area contributed by atoms with Crippen molar-refractivity contribution in [3.63, 3.8) is 0 Å². The third-order valence-corrected chi connectivity index (χ3v) is 17.2. The second kappa shape index (κ2) is 63.0. The van der Waals surface area contributed by atoms with Crippen molar-refractivity contribution < 1.29 is 32.9 Å². The smallest absolute Gasteiger partial charge is 0.268 e. The van der Waals surface area contributed by atoms with E-state index in [1.54, 1.807) is 6.08 Å². The molecule has 0 radical (unpaired) electrons. The van der Waals surface area contributed by atoms with Gasteiger partial charge in [0.1, 0.15) is 13.2 Å². The van der Waals surface area contributed by atoms with Crippen molar-refractivity contribution in [2.75, 3.05) is 40.9 Å². The molecule has 0 aromatic carbocycles. The molecule has 0 aliphatic heterocycles. The lowest BCUT2D eigenvalue weighted by Crippen LogP contribution is -2.45. The molecular weight excluding hydrogens is 1020 g/mol. The fourth-order valence-corrected chi connectivity index (χ4v) is 11.4. The molecule has 8 nitrogen and oxygen atoms in total. The lowest BCUT2D eigenvalue weighted by molar-refractivity contribution is -0.870. The van der Waals surface area contributed by atoms with Gasteiger partial charge in [-0.3, -0.25) is 9.36 Å². The van der Waals surface area contributed by atoms with Gasteiger partial charge in [0.05, 0.1) is 39.9 Å². The number of carbonyl (C=O) groups excluding carboxylic acids is 1. The maximum absolute atomic E-state index is 13.0. The standard InChI is InChI=1S/C72H139N2O6P/c1-6-8-10-12-14-16-18-20-22-24-26-28-30-32-34-35-36-37-38-40-41-43-45-47-49-51-53-55-57-59-61-63-65-71(75)70(69-80-81(77,78)79-68-67-74(3,4)5)73-72(76)66-64-62-60-58-56-54-52-50-48-46-44-42-39-33-31-29-27-25-23-21-19-17-15-13-11-9-7-2/h25,27,47,49,55,57,63,65,70-71,75H,6-24,26,28-46,48,50-54,56,58-62,64,66-69H2,1-5H3,(H-,73,76,77,78)/b27-25-,49-47+,57-55+,65-63+. The Bertz CT molecular complexity index is 1460. The number of rotatable bonds is 66. The number of amides is 1. The molecule has 9 heteroatoms. The zero-order valence-corrected chi connectivity index (χ0v) is 55.6. The quantitative estimate of drug-likeness (QED) is 0.0272. The molecule has 0 aliphatic rings. The Morgan fingerprint density at radius 3 is 1.00 bits per heavy atom. The molecule has 0 fully saturated rings. The van der Waals surface area contributed by atoms with Gasteiger partial charge in [-0.25, -0.2) is 0 Å². The Balaban J connectivity index is 4.11. The Kier molecular flexibility index (Phi) is 61.8. The highest BCUT2D eigenvalue weighted by Crippen LogP contribution is 2.38. The number of nitrogens with one attached hydrogen (secondary N) is 1. The molecule has 0 saturated heterocycles. The number of hydrogen-bond donors (Lipinski definition) is 2. The average Bonchev–Trinajstić information content (AvgIpc) is 3.43. The number of aliphatic hydroxyl groups excluding tert-OH is 1. The summed E-state index contributed by atoms with van der Waals surface area (Å²) in [6.07, 6.45) is 85.3.